The van der Waals surface area contributed by atoms with Gasteiger partial charge < -0.3 is 10.4 Å². The highest BCUT2D eigenvalue weighted by Crippen LogP contribution is 2.25. The number of hydrogen-bond donors (Lipinski definition) is 2. The number of rotatable bonds is 5. The average molecular weight is 352 g/mol. The zero-order valence-corrected chi connectivity index (χ0v) is 14.7. The summed E-state index contributed by atoms with van der Waals surface area (Å²) in [5.41, 5.74) is 1.30. The zero-order chi connectivity index (χ0) is 18.8. The van der Waals surface area contributed by atoms with Crippen molar-refractivity contribution in [1.29, 1.82) is 0 Å². The van der Waals surface area contributed by atoms with E-state index in [-0.39, 0.29) is 28.7 Å². The summed E-state index contributed by atoms with van der Waals surface area (Å²) in [5.74, 6) is -0.677. The summed E-state index contributed by atoms with van der Waals surface area (Å²) in [6, 6.07) is 10.7. The quantitative estimate of drug-likeness (QED) is 0.809. The van der Waals surface area contributed by atoms with E-state index in [1.807, 2.05) is 13.8 Å². The maximum atomic E-state index is 12.5. The number of phenols is 1. The van der Waals surface area contributed by atoms with Crippen molar-refractivity contribution < 1.29 is 19.5 Å². The molecule has 0 spiro atoms. The number of phenolic OH excluding ortho intramolecular Hbond substituents is 1. The van der Waals surface area contributed by atoms with Crippen molar-refractivity contribution in [2.24, 2.45) is 5.92 Å². The second kappa shape index (κ2) is 7.00. The second-order valence-electron chi connectivity index (χ2n) is 6.71. The minimum atomic E-state index is -0.417. The molecule has 0 atom stereocenters. The van der Waals surface area contributed by atoms with Crippen LogP contribution in [0.3, 0.4) is 0 Å². The number of carbonyl (C=O) groups is 3. The minimum Gasteiger partial charge on any atom is -0.508 e. The molecule has 0 saturated carbocycles. The molecule has 2 aromatic carbocycles. The van der Waals surface area contributed by atoms with Gasteiger partial charge >= 0.3 is 0 Å². The van der Waals surface area contributed by atoms with E-state index in [4.69, 9.17) is 0 Å². The Balaban J connectivity index is 1.81. The summed E-state index contributed by atoms with van der Waals surface area (Å²) in [7, 11) is 0. The lowest BCUT2D eigenvalue weighted by molar-refractivity contribution is 0.0647. The lowest BCUT2D eigenvalue weighted by atomic mass is 10.1. The maximum absolute atomic E-state index is 12.5. The molecule has 6 heteroatoms. The summed E-state index contributed by atoms with van der Waals surface area (Å²) >= 11 is 0. The van der Waals surface area contributed by atoms with Crippen LogP contribution in [0.1, 0.15) is 51.3 Å². The van der Waals surface area contributed by atoms with E-state index in [9.17, 15) is 19.5 Å². The molecule has 134 valence electrons. The highest BCUT2D eigenvalue weighted by atomic mass is 16.3. The Morgan fingerprint density at radius 3 is 2.50 bits per heavy atom. The van der Waals surface area contributed by atoms with Crippen molar-refractivity contribution in [2.75, 3.05) is 11.9 Å². The van der Waals surface area contributed by atoms with Crippen LogP contribution in [0, 0.1) is 5.92 Å². The Kier molecular flexibility index (Phi) is 4.75. The molecule has 3 rings (SSSR count). The first kappa shape index (κ1) is 17.7. The van der Waals surface area contributed by atoms with Crippen LogP contribution in [0.2, 0.25) is 0 Å². The molecule has 0 radical (unpaired) electrons. The standard InChI is InChI=1S/C20H20N2O4/c1-12(2)8-9-22-19(25)16-7-6-13(10-17(16)20(22)26)18(24)21-14-4-3-5-15(23)11-14/h3-7,10-12,23H,8-9H2,1-2H3,(H,21,24). The summed E-state index contributed by atoms with van der Waals surface area (Å²) in [4.78, 5) is 38.6. The van der Waals surface area contributed by atoms with E-state index >= 15 is 0 Å². The topological polar surface area (TPSA) is 86.7 Å². The molecule has 6 nitrogen and oxygen atoms in total. The molecule has 0 aliphatic carbocycles. The monoisotopic (exact) mass is 352 g/mol. The average Bonchev–Trinajstić information content (AvgIpc) is 2.83. The molecule has 2 N–H and O–H groups in total. The summed E-state index contributed by atoms with van der Waals surface area (Å²) < 4.78 is 0. The number of imide groups is 1. The van der Waals surface area contributed by atoms with Gasteiger partial charge in [-0.05, 0) is 42.7 Å². The molecule has 2 aromatic rings. The Labute approximate surface area is 151 Å². The molecule has 1 aliphatic rings. The van der Waals surface area contributed by atoms with Crippen molar-refractivity contribution in [2.45, 2.75) is 20.3 Å². The number of benzene rings is 2. The van der Waals surface area contributed by atoms with E-state index in [0.717, 1.165) is 6.42 Å². The predicted octanol–water partition coefficient (Wildman–Crippen LogP) is 3.29. The molecule has 3 amide bonds. The fourth-order valence-corrected chi connectivity index (χ4v) is 2.81. The third kappa shape index (κ3) is 3.44. The lowest BCUT2D eigenvalue weighted by Crippen LogP contribution is -2.31. The van der Waals surface area contributed by atoms with Gasteiger partial charge in [0.15, 0.2) is 0 Å². The van der Waals surface area contributed by atoms with Crippen LogP contribution in [-0.4, -0.2) is 34.3 Å². The third-order valence-corrected chi connectivity index (χ3v) is 4.27. The van der Waals surface area contributed by atoms with Crippen LogP contribution in [-0.2, 0) is 0 Å². The number of fused-ring (bicyclic) bond motifs is 1. The number of nitrogens with zero attached hydrogens (tertiary/aromatic N) is 1. The molecule has 26 heavy (non-hydrogen) atoms. The third-order valence-electron chi connectivity index (χ3n) is 4.27. The van der Waals surface area contributed by atoms with Crippen LogP contribution in [0.4, 0.5) is 5.69 Å². The Morgan fingerprint density at radius 2 is 1.81 bits per heavy atom. The van der Waals surface area contributed by atoms with E-state index in [1.165, 1.54) is 35.2 Å². The Morgan fingerprint density at radius 1 is 1.08 bits per heavy atom. The molecule has 0 unspecified atom stereocenters. The highest BCUT2D eigenvalue weighted by Gasteiger charge is 2.35. The van der Waals surface area contributed by atoms with Crippen LogP contribution in [0.15, 0.2) is 42.5 Å². The number of nitrogens with one attached hydrogen (secondary N) is 1. The Bertz CT molecular complexity index is 889. The normalized spacial score (nSPS) is 13.3. The van der Waals surface area contributed by atoms with Gasteiger partial charge in [0.25, 0.3) is 17.7 Å². The number of anilines is 1. The highest BCUT2D eigenvalue weighted by molar-refractivity contribution is 6.22. The van der Waals surface area contributed by atoms with E-state index in [1.54, 1.807) is 12.1 Å². The predicted molar refractivity (Wildman–Crippen MR) is 97.3 cm³/mol. The lowest BCUT2D eigenvalue weighted by Gasteiger charge is -2.14. The molecule has 1 aliphatic heterocycles. The molecule has 1 heterocycles. The zero-order valence-electron chi connectivity index (χ0n) is 14.7. The van der Waals surface area contributed by atoms with Gasteiger partial charge in [0.2, 0.25) is 0 Å². The van der Waals surface area contributed by atoms with Crippen LogP contribution < -0.4 is 5.32 Å². The van der Waals surface area contributed by atoms with Gasteiger partial charge in [-0.25, -0.2) is 0 Å². The Hall–Kier alpha value is -3.15. The summed E-state index contributed by atoms with van der Waals surface area (Å²) in [6.45, 7) is 4.43. The second-order valence-corrected chi connectivity index (χ2v) is 6.71. The molecule has 0 fully saturated rings. The van der Waals surface area contributed by atoms with Gasteiger partial charge in [-0.3, -0.25) is 19.3 Å². The number of hydrogen-bond acceptors (Lipinski definition) is 4. The molecular weight excluding hydrogens is 332 g/mol. The van der Waals surface area contributed by atoms with Gasteiger partial charge in [0.05, 0.1) is 11.1 Å². The van der Waals surface area contributed by atoms with Gasteiger partial charge in [-0.15, -0.1) is 0 Å². The van der Waals surface area contributed by atoms with Crippen molar-refractivity contribution in [1.82, 2.24) is 4.90 Å². The van der Waals surface area contributed by atoms with Crippen LogP contribution >= 0.6 is 0 Å². The van der Waals surface area contributed by atoms with Crippen molar-refractivity contribution in [3.8, 4) is 5.75 Å². The van der Waals surface area contributed by atoms with Gasteiger partial charge in [0, 0.05) is 23.9 Å². The smallest absolute Gasteiger partial charge is 0.261 e. The van der Waals surface area contributed by atoms with Gasteiger partial charge in [-0.1, -0.05) is 19.9 Å². The maximum Gasteiger partial charge on any atom is 0.261 e. The molecular formula is C20H20N2O4. The van der Waals surface area contributed by atoms with Crippen LogP contribution in [0.5, 0.6) is 5.75 Å². The fraction of sp³-hybridized carbons (Fsp3) is 0.250. The minimum absolute atomic E-state index is 0.0401. The van der Waals surface area contributed by atoms with Crippen molar-refractivity contribution in [3.63, 3.8) is 0 Å². The van der Waals surface area contributed by atoms with E-state index in [0.29, 0.717) is 23.7 Å². The van der Waals surface area contributed by atoms with E-state index in [2.05, 4.69) is 5.32 Å². The van der Waals surface area contributed by atoms with Crippen molar-refractivity contribution >= 4 is 23.4 Å². The number of carbonyl (C=O) groups excluding carboxylic acids is 3. The van der Waals surface area contributed by atoms with Crippen LogP contribution in [0.25, 0.3) is 0 Å². The number of amides is 3. The fourth-order valence-electron chi connectivity index (χ4n) is 2.81. The SMILES string of the molecule is CC(C)CCN1C(=O)c2ccc(C(=O)Nc3cccc(O)c3)cc2C1=O. The number of aromatic hydroxyl groups is 1. The summed E-state index contributed by atoms with van der Waals surface area (Å²) in [6.07, 6.45) is 0.732. The van der Waals surface area contributed by atoms with E-state index < -0.39 is 5.91 Å². The summed E-state index contributed by atoms with van der Waals surface area (Å²) in [5, 5.41) is 12.1. The van der Waals surface area contributed by atoms with Crippen molar-refractivity contribution in [3.05, 3.63) is 59.2 Å². The van der Waals surface area contributed by atoms with Gasteiger partial charge in [-0.2, -0.15) is 0 Å². The molecule has 0 saturated heterocycles. The van der Waals surface area contributed by atoms with Gasteiger partial charge in [0.1, 0.15) is 5.75 Å². The molecule has 0 bridgehead atoms. The molecule has 0 aromatic heterocycles. The first-order chi connectivity index (χ1) is 12.4. The largest absolute Gasteiger partial charge is 0.508 e. The first-order valence-electron chi connectivity index (χ1n) is 8.47. The first-order valence-corrected chi connectivity index (χ1v) is 8.47.